The first-order valence-electron chi connectivity index (χ1n) is 6.26. The zero-order chi connectivity index (χ0) is 12.5. The Morgan fingerprint density at radius 3 is 2.94 bits per heavy atom. The van der Waals surface area contributed by atoms with E-state index in [-0.39, 0.29) is 6.10 Å². The van der Waals surface area contributed by atoms with Crippen LogP contribution in [0.15, 0.2) is 0 Å². The number of aliphatic hydroxyl groups excluding tert-OH is 1. The average molecular weight is 241 g/mol. The summed E-state index contributed by atoms with van der Waals surface area (Å²) in [6.07, 6.45) is 2.58. The lowest BCUT2D eigenvalue weighted by Crippen LogP contribution is -2.40. The fourth-order valence-corrected chi connectivity index (χ4v) is 1.83. The fraction of sp³-hybridized carbons (Fsp3) is 0.917. The molecule has 1 rings (SSSR count). The van der Waals surface area contributed by atoms with E-state index >= 15 is 0 Å². The van der Waals surface area contributed by atoms with Crippen LogP contribution in [0.1, 0.15) is 19.3 Å². The van der Waals surface area contributed by atoms with Gasteiger partial charge in [-0.25, -0.2) is 0 Å². The summed E-state index contributed by atoms with van der Waals surface area (Å²) in [6.45, 7) is 3.43. The van der Waals surface area contributed by atoms with E-state index in [1.165, 1.54) is 12.8 Å². The molecule has 0 bridgehead atoms. The Balaban J connectivity index is 2.12. The van der Waals surface area contributed by atoms with Crippen molar-refractivity contribution in [2.45, 2.75) is 31.4 Å². The number of nitriles is 1. The van der Waals surface area contributed by atoms with Gasteiger partial charge in [-0.15, -0.1) is 0 Å². The number of hydrogen-bond acceptors (Lipinski definition) is 5. The van der Waals surface area contributed by atoms with Crippen molar-refractivity contribution in [2.24, 2.45) is 0 Å². The second kappa shape index (κ2) is 8.43. The standard InChI is InChI=1S/C12H23N3O2/c1-17-8-6-14-9-12(16)10-15(7-2-5-13)11-3-4-11/h11-12,14,16H,2-4,6-10H2,1H3. The second-order valence-electron chi connectivity index (χ2n) is 4.48. The monoisotopic (exact) mass is 241 g/mol. The summed E-state index contributed by atoms with van der Waals surface area (Å²) in [5.41, 5.74) is 0. The number of aliphatic hydroxyl groups is 1. The number of ether oxygens (including phenoxy) is 1. The van der Waals surface area contributed by atoms with Gasteiger partial charge in [-0.05, 0) is 12.8 Å². The highest BCUT2D eigenvalue weighted by molar-refractivity contribution is 4.87. The van der Waals surface area contributed by atoms with Crippen LogP contribution in [0.4, 0.5) is 0 Å². The van der Waals surface area contributed by atoms with E-state index < -0.39 is 0 Å². The van der Waals surface area contributed by atoms with Gasteiger partial charge < -0.3 is 15.2 Å². The van der Waals surface area contributed by atoms with Gasteiger partial charge in [0.1, 0.15) is 0 Å². The molecule has 1 aliphatic rings. The van der Waals surface area contributed by atoms with Gasteiger partial charge in [0.2, 0.25) is 0 Å². The fourth-order valence-electron chi connectivity index (χ4n) is 1.83. The lowest BCUT2D eigenvalue weighted by atomic mass is 10.3. The molecule has 1 saturated carbocycles. The molecule has 1 atom stereocenters. The van der Waals surface area contributed by atoms with Crippen LogP contribution < -0.4 is 5.32 Å². The maximum absolute atomic E-state index is 9.87. The van der Waals surface area contributed by atoms with Gasteiger partial charge in [0.15, 0.2) is 0 Å². The van der Waals surface area contributed by atoms with Gasteiger partial charge in [-0.1, -0.05) is 0 Å². The first-order chi connectivity index (χ1) is 8.27. The first kappa shape index (κ1) is 14.4. The third kappa shape index (κ3) is 6.59. The van der Waals surface area contributed by atoms with E-state index in [1.54, 1.807) is 7.11 Å². The Morgan fingerprint density at radius 2 is 2.35 bits per heavy atom. The van der Waals surface area contributed by atoms with Crippen molar-refractivity contribution in [1.82, 2.24) is 10.2 Å². The maximum Gasteiger partial charge on any atom is 0.0791 e. The number of nitrogens with one attached hydrogen (secondary N) is 1. The Hall–Kier alpha value is -0.670. The van der Waals surface area contributed by atoms with Gasteiger partial charge >= 0.3 is 0 Å². The first-order valence-corrected chi connectivity index (χ1v) is 6.26. The van der Waals surface area contributed by atoms with Crippen molar-refractivity contribution < 1.29 is 9.84 Å². The highest BCUT2D eigenvalue weighted by Gasteiger charge is 2.29. The van der Waals surface area contributed by atoms with Gasteiger partial charge in [0.05, 0.1) is 18.8 Å². The summed E-state index contributed by atoms with van der Waals surface area (Å²) < 4.78 is 4.92. The van der Waals surface area contributed by atoms with Crippen molar-refractivity contribution in [2.75, 3.05) is 39.9 Å². The van der Waals surface area contributed by atoms with Crippen LogP contribution in [0, 0.1) is 11.3 Å². The van der Waals surface area contributed by atoms with Gasteiger partial charge in [0, 0.05) is 45.8 Å². The number of rotatable bonds is 10. The predicted octanol–water partition coefficient (Wildman–Crippen LogP) is -0.0386. The maximum atomic E-state index is 9.87. The Labute approximate surface area is 103 Å². The Bertz CT molecular complexity index is 238. The van der Waals surface area contributed by atoms with E-state index in [9.17, 15) is 5.11 Å². The molecule has 0 heterocycles. The Morgan fingerprint density at radius 1 is 1.59 bits per heavy atom. The minimum absolute atomic E-state index is 0.369. The quantitative estimate of drug-likeness (QED) is 0.525. The topological polar surface area (TPSA) is 68.5 Å². The van der Waals surface area contributed by atoms with E-state index in [0.29, 0.717) is 32.2 Å². The summed E-state index contributed by atoms with van der Waals surface area (Å²) in [4.78, 5) is 2.23. The van der Waals surface area contributed by atoms with Crippen LogP contribution in [0.3, 0.4) is 0 Å². The van der Waals surface area contributed by atoms with Gasteiger partial charge in [-0.2, -0.15) is 5.26 Å². The molecule has 0 aromatic rings. The molecular weight excluding hydrogens is 218 g/mol. The molecule has 0 spiro atoms. The molecule has 0 aliphatic heterocycles. The SMILES string of the molecule is COCCNCC(O)CN(CCC#N)C1CC1. The molecule has 1 fully saturated rings. The lowest BCUT2D eigenvalue weighted by Gasteiger charge is -2.24. The number of methoxy groups -OCH3 is 1. The number of hydrogen-bond donors (Lipinski definition) is 2. The van der Waals surface area contributed by atoms with Crippen LogP contribution in [0.5, 0.6) is 0 Å². The van der Waals surface area contributed by atoms with Crippen LogP contribution in [-0.4, -0.2) is 62.0 Å². The lowest BCUT2D eigenvalue weighted by molar-refractivity contribution is 0.105. The summed E-state index contributed by atoms with van der Waals surface area (Å²) in [5, 5.41) is 21.6. The molecule has 0 radical (unpaired) electrons. The largest absolute Gasteiger partial charge is 0.390 e. The zero-order valence-electron chi connectivity index (χ0n) is 10.6. The minimum Gasteiger partial charge on any atom is -0.390 e. The summed E-state index contributed by atoms with van der Waals surface area (Å²) in [7, 11) is 1.66. The molecule has 0 saturated heterocycles. The molecule has 5 heteroatoms. The van der Waals surface area contributed by atoms with Crippen molar-refractivity contribution in [1.29, 1.82) is 5.26 Å². The average Bonchev–Trinajstić information content (AvgIpc) is 3.14. The number of nitrogens with zero attached hydrogens (tertiary/aromatic N) is 2. The summed E-state index contributed by atoms with van der Waals surface area (Å²) >= 11 is 0. The van der Waals surface area contributed by atoms with E-state index in [2.05, 4.69) is 16.3 Å². The molecule has 0 amide bonds. The molecule has 0 aromatic carbocycles. The normalized spacial score (nSPS) is 17.1. The van der Waals surface area contributed by atoms with Crippen molar-refractivity contribution in [3.8, 4) is 6.07 Å². The van der Waals surface area contributed by atoms with E-state index in [0.717, 1.165) is 13.1 Å². The molecule has 5 nitrogen and oxygen atoms in total. The molecule has 98 valence electrons. The van der Waals surface area contributed by atoms with E-state index in [1.807, 2.05) is 0 Å². The highest BCUT2D eigenvalue weighted by atomic mass is 16.5. The van der Waals surface area contributed by atoms with Crippen LogP contribution in [-0.2, 0) is 4.74 Å². The third-order valence-electron chi connectivity index (χ3n) is 2.88. The molecule has 17 heavy (non-hydrogen) atoms. The smallest absolute Gasteiger partial charge is 0.0791 e. The van der Waals surface area contributed by atoms with E-state index in [4.69, 9.17) is 10.00 Å². The highest BCUT2D eigenvalue weighted by Crippen LogP contribution is 2.26. The third-order valence-corrected chi connectivity index (χ3v) is 2.88. The van der Waals surface area contributed by atoms with Crippen molar-refractivity contribution in [3.63, 3.8) is 0 Å². The van der Waals surface area contributed by atoms with Gasteiger partial charge in [0.25, 0.3) is 0 Å². The molecule has 1 aliphatic carbocycles. The Kier molecular flexibility index (Phi) is 7.13. The van der Waals surface area contributed by atoms with Crippen LogP contribution >= 0.6 is 0 Å². The van der Waals surface area contributed by atoms with Crippen molar-refractivity contribution >= 4 is 0 Å². The molecule has 1 unspecified atom stereocenters. The molecule has 0 aromatic heterocycles. The van der Waals surface area contributed by atoms with Crippen LogP contribution in [0.2, 0.25) is 0 Å². The zero-order valence-corrected chi connectivity index (χ0v) is 10.6. The summed E-state index contributed by atoms with van der Waals surface area (Å²) in [6, 6.07) is 2.75. The second-order valence-corrected chi connectivity index (χ2v) is 4.48. The molecular formula is C12H23N3O2. The van der Waals surface area contributed by atoms with Crippen LogP contribution in [0.25, 0.3) is 0 Å². The molecule has 2 N–H and O–H groups in total. The summed E-state index contributed by atoms with van der Waals surface area (Å²) in [5.74, 6) is 0. The van der Waals surface area contributed by atoms with Gasteiger partial charge in [-0.3, -0.25) is 4.90 Å². The minimum atomic E-state index is -0.369. The van der Waals surface area contributed by atoms with Crippen molar-refractivity contribution in [3.05, 3.63) is 0 Å². The predicted molar refractivity (Wildman–Crippen MR) is 65.6 cm³/mol.